The van der Waals surface area contributed by atoms with Crippen molar-refractivity contribution in [1.29, 1.82) is 0 Å². The fourth-order valence-corrected chi connectivity index (χ4v) is 4.21. The number of unbranched alkanes of at least 4 members (excludes halogenated alkanes) is 1. The zero-order valence-corrected chi connectivity index (χ0v) is 18.0. The molecule has 1 aliphatic rings. The minimum Gasteiger partial charge on any atom is -0.299 e. The summed E-state index contributed by atoms with van der Waals surface area (Å²) < 4.78 is 2.05. The Bertz CT molecular complexity index is 979. The van der Waals surface area contributed by atoms with Crippen molar-refractivity contribution in [2.75, 3.05) is 17.5 Å². The van der Waals surface area contributed by atoms with Crippen molar-refractivity contribution < 1.29 is 0 Å². The smallest absolute Gasteiger partial charge is 0.113 e. The van der Waals surface area contributed by atoms with E-state index in [0.717, 1.165) is 43.3 Å². The van der Waals surface area contributed by atoms with E-state index in [-0.39, 0.29) is 0 Å². The number of anilines is 2. The molecule has 4 rings (SSSR count). The van der Waals surface area contributed by atoms with Gasteiger partial charge >= 0.3 is 0 Å². The highest BCUT2D eigenvalue weighted by Crippen LogP contribution is 2.36. The van der Waals surface area contributed by atoms with E-state index >= 15 is 0 Å². The summed E-state index contributed by atoms with van der Waals surface area (Å²) in [5, 5.41) is 13.1. The molecule has 2 aromatic carbocycles. The third-order valence-electron chi connectivity index (χ3n) is 5.81. The van der Waals surface area contributed by atoms with Crippen molar-refractivity contribution in [3.8, 4) is 0 Å². The molecule has 0 bridgehead atoms. The Balaban J connectivity index is 1.39. The molecule has 2 heterocycles. The van der Waals surface area contributed by atoms with E-state index in [1.807, 2.05) is 0 Å². The Labute approximate surface area is 173 Å². The molecule has 0 radical (unpaired) electrons. The summed E-state index contributed by atoms with van der Waals surface area (Å²) in [6.07, 6.45) is 5.66. The number of rotatable bonds is 8. The molecule has 0 fully saturated rings. The van der Waals surface area contributed by atoms with Gasteiger partial charge < -0.3 is 0 Å². The Morgan fingerprint density at radius 1 is 1.10 bits per heavy atom. The molecule has 1 aliphatic heterocycles. The van der Waals surface area contributed by atoms with Gasteiger partial charge in [-0.15, -0.1) is 10.2 Å². The van der Waals surface area contributed by atoms with Crippen LogP contribution in [0.3, 0.4) is 0 Å². The van der Waals surface area contributed by atoms with Gasteiger partial charge in [-0.3, -0.25) is 10.4 Å². The van der Waals surface area contributed by atoms with E-state index in [4.69, 9.17) is 0 Å². The first kappa shape index (κ1) is 19.7. The van der Waals surface area contributed by atoms with Gasteiger partial charge in [-0.1, -0.05) is 30.7 Å². The fourth-order valence-electron chi connectivity index (χ4n) is 4.21. The quantitative estimate of drug-likeness (QED) is 0.588. The van der Waals surface area contributed by atoms with Crippen LogP contribution in [0.1, 0.15) is 50.7 Å². The molecule has 6 nitrogen and oxygen atoms in total. The first-order chi connectivity index (χ1) is 14.1. The normalized spacial score (nSPS) is 15.0. The van der Waals surface area contributed by atoms with E-state index in [9.17, 15) is 0 Å². The molecule has 3 aromatic rings. The van der Waals surface area contributed by atoms with Gasteiger partial charge in [0, 0.05) is 19.6 Å². The van der Waals surface area contributed by atoms with Crippen LogP contribution in [-0.2, 0) is 13.0 Å². The zero-order valence-electron chi connectivity index (χ0n) is 18.0. The lowest BCUT2D eigenvalue weighted by atomic mass is 10.0. The molecule has 154 valence electrons. The zero-order chi connectivity index (χ0) is 20.4. The summed E-state index contributed by atoms with van der Waals surface area (Å²) in [6, 6.07) is 13.6. The average molecular weight is 393 g/mol. The van der Waals surface area contributed by atoms with E-state index < -0.39 is 0 Å². The average Bonchev–Trinajstić information content (AvgIpc) is 3.25. The predicted molar refractivity (Wildman–Crippen MR) is 120 cm³/mol. The minimum atomic E-state index is 0.427. The Hall–Kier alpha value is -2.60. The van der Waals surface area contributed by atoms with Crippen LogP contribution in [0.2, 0.25) is 0 Å². The fraction of sp³-hybridized carbons (Fsp3) is 0.478. The van der Waals surface area contributed by atoms with Crippen LogP contribution in [0.15, 0.2) is 36.4 Å². The Kier molecular flexibility index (Phi) is 5.72. The molecular weight excluding hydrogens is 360 g/mol. The van der Waals surface area contributed by atoms with Gasteiger partial charge in [-0.25, -0.2) is 4.68 Å². The Morgan fingerprint density at radius 2 is 1.97 bits per heavy atom. The first-order valence-corrected chi connectivity index (χ1v) is 10.8. The molecule has 1 N–H and O–H groups in total. The Morgan fingerprint density at radius 3 is 2.79 bits per heavy atom. The van der Waals surface area contributed by atoms with Crippen LogP contribution in [0.4, 0.5) is 11.4 Å². The summed E-state index contributed by atoms with van der Waals surface area (Å²) in [6.45, 7) is 7.61. The van der Waals surface area contributed by atoms with Crippen LogP contribution in [0.5, 0.6) is 0 Å². The molecule has 29 heavy (non-hydrogen) atoms. The molecule has 0 saturated heterocycles. The third kappa shape index (κ3) is 4.08. The van der Waals surface area contributed by atoms with Gasteiger partial charge in [0.25, 0.3) is 0 Å². The van der Waals surface area contributed by atoms with E-state index in [2.05, 4.69) is 94.8 Å². The van der Waals surface area contributed by atoms with Crippen molar-refractivity contribution in [3.63, 3.8) is 0 Å². The minimum absolute atomic E-state index is 0.427. The van der Waals surface area contributed by atoms with Gasteiger partial charge in [0.1, 0.15) is 5.52 Å². The summed E-state index contributed by atoms with van der Waals surface area (Å²) in [5.41, 5.74) is 10.7. The molecular formula is C23H32N6. The second kappa shape index (κ2) is 8.41. The monoisotopic (exact) mass is 392 g/mol. The molecule has 1 atom stereocenters. The van der Waals surface area contributed by atoms with Crippen LogP contribution < -0.4 is 10.4 Å². The van der Waals surface area contributed by atoms with Crippen molar-refractivity contribution >= 4 is 22.4 Å². The summed E-state index contributed by atoms with van der Waals surface area (Å²) in [4.78, 5) is 0. The number of hydrogen-bond donors (Lipinski definition) is 1. The summed E-state index contributed by atoms with van der Waals surface area (Å²) in [5.74, 6) is 0. The highest BCUT2D eigenvalue weighted by atomic mass is 15.8. The lowest BCUT2D eigenvalue weighted by Gasteiger charge is -2.32. The van der Waals surface area contributed by atoms with Gasteiger partial charge in [0.15, 0.2) is 0 Å². The molecule has 0 amide bonds. The van der Waals surface area contributed by atoms with Crippen LogP contribution >= 0.6 is 0 Å². The number of aromatic nitrogens is 3. The maximum absolute atomic E-state index is 4.32. The third-order valence-corrected chi connectivity index (χ3v) is 5.81. The highest BCUT2D eigenvalue weighted by Gasteiger charge is 2.27. The molecule has 0 spiro atoms. The molecule has 0 aliphatic carbocycles. The first-order valence-electron chi connectivity index (χ1n) is 10.8. The number of fused-ring (bicyclic) bond motifs is 2. The largest absolute Gasteiger partial charge is 0.299 e. The number of aryl methyl sites for hydroxylation is 3. The van der Waals surface area contributed by atoms with Gasteiger partial charge in [0.05, 0.1) is 16.9 Å². The number of nitrogens with zero attached hydrogens (tertiary/aromatic N) is 5. The summed E-state index contributed by atoms with van der Waals surface area (Å²) >= 11 is 0. The van der Waals surface area contributed by atoms with E-state index in [1.165, 1.54) is 28.9 Å². The number of hydrazine groups is 2. The lowest BCUT2D eigenvalue weighted by molar-refractivity contribution is 0.334. The standard InChI is InChI=1S/C23H32N6/c1-5-6-14-28-22-16-19(11-13-20(22)24-26-28)9-7-8-18(3)29-23-15-17(2)10-12-21(23)25-27(29)4/h10-13,15-16,18,25H,5-9,14H2,1-4H3. The SMILES string of the molecule is CCCCn1nnc2ccc(CCCC(C)N3c4cc(C)ccc4NN3C)cc21. The topological polar surface area (TPSA) is 49.2 Å². The predicted octanol–water partition coefficient (Wildman–Crippen LogP) is 4.94. The number of hydrogen-bond acceptors (Lipinski definition) is 5. The number of benzene rings is 2. The van der Waals surface area contributed by atoms with E-state index in [1.54, 1.807) is 0 Å². The number of nitrogens with one attached hydrogen (secondary N) is 1. The van der Waals surface area contributed by atoms with Crippen molar-refractivity contribution in [3.05, 3.63) is 47.5 Å². The second-order valence-corrected chi connectivity index (χ2v) is 8.23. The lowest BCUT2D eigenvalue weighted by Crippen LogP contribution is -2.44. The van der Waals surface area contributed by atoms with Gasteiger partial charge in [-0.2, -0.15) is 0 Å². The molecule has 1 unspecified atom stereocenters. The van der Waals surface area contributed by atoms with Crippen LogP contribution in [0, 0.1) is 6.92 Å². The van der Waals surface area contributed by atoms with Crippen molar-refractivity contribution in [1.82, 2.24) is 20.1 Å². The van der Waals surface area contributed by atoms with E-state index in [0.29, 0.717) is 6.04 Å². The highest BCUT2D eigenvalue weighted by molar-refractivity contribution is 5.75. The van der Waals surface area contributed by atoms with Gasteiger partial charge in [0.2, 0.25) is 0 Å². The molecule has 1 aromatic heterocycles. The maximum Gasteiger partial charge on any atom is 0.113 e. The maximum atomic E-state index is 4.32. The van der Waals surface area contributed by atoms with Crippen LogP contribution in [-0.4, -0.2) is 33.2 Å². The molecule has 6 heteroatoms. The molecule has 0 saturated carbocycles. The van der Waals surface area contributed by atoms with Crippen molar-refractivity contribution in [2.45, 2.75) is 65.5 Å². The van der Waals surface area contributed by atoms with Gasteiger partial charge in [-0.05, 0) is 74.9 Å². The van der Waals surface area contributed by atoms with Crippen LogP contribution in [0.25, 0.3) is 11.0 Å². The second-order valence-electron chi connectivity index (χ2n) is 8.23. The van der Waals surface area contributed by atoms with Crippen molar-refractivity contribution in [2.24, 2.45) is 0 Å². The summed E-state index contributed by atoms with van der Waals surface area (Å²) in [7, 11) is 2.09.